The van der Waals surface area contributed by atoms with E-state index in [4.69, 9.17) is 0 Å². The smallest absolute Gasteiger partial charge is 0.311 e. The van der Waals surface area contributed by atoms with Gasteiger partial charge in [-0.1, -0.05) is 18.2 Å². The van der Waals surface area contributed by atoms with E-state index in [0.29, 0.717) is 13.0 Å². The van der Waals surface area contributed by atoms with Crippen molar-refractivity contribution in [1.82, 2.24) is 5.32 Å². The van der Waals surface area contributed by atoms with Gasteiger partial charge in [0, 0.05) is 11.6 Å². The first-order valence-corrected chi connectivity index (χ1v) is 5.92. The van der Waals surface area contributed by atoms with E-state index in [1.165, 1.54) is 25.1 Å². The average Bonchev–Trinajstić information content (AvgIpc) is 2.82. The van der Waals surface area contributed by atoms with E-state index in [1.54, 1.807) is 0 Å². The fourth-order valence-corrected chi connectivity index (χ4v) is 2.49. The lowest BCUT2D eigenvalue weighted by Gasteiger charge is -2.30. The maximum absolute atomic E-state index is 14.8. The Balaban J connectivity index is 2.43. The molecule has 2 rings (SSSR count). The normalized spacial score (nSPS) is 23.9. The van der Waals surface area contributed by atoms with Gasteiger partial charge in [0.05, 0.1) is 5.56 Å². The summed E-state index contributed by atoms with van der Waals surface area (Å²) in [5.74, 6) is 0. The molecule has 0 aliphatic carbocycles. The number of hydrogen-bond acceptors (Lipinski definition) is 1. The molecule has 2 atom stereocenters. The van der Waals surface area contributed by atoms with Crippen molar-refractivity contribution in [3.8, 4) is 0 Å². The molecule has 0 radical (unpaired) electrons. The van der Waals surface area contributed by atoms with Crippen molar-refractivity contribution in [2.45, 2.75) is 37.7 Å². The monoisotopic (exact) mass is 261 g/mol. The first-order valence-electron chi connectivity index (χ1n) is 5.92. The van der Waals surface area contributed by atoms with Crippen LogP contribution in [0.2, 0.25) is 0 Å². The van der Waals surface area contributed by atoms with Gasteiger partial charge in [0.2, 0.25) is 0 Å². The number of alkyl halides is 4. The van der Waals surface area contributed by atoms with E-state index in [-0.39, 0.29) is 5.56 Å². The lowest BCUT2D eigenvalue weighted by molar-refractivity contribution is -0.139. The summed E-state index contributed by atoms with van der Waals surface area (Å²) in [7, 11) is 0. The lowest BCUT2D eigenvalue weighted by atomic mass is 9.86. The molecule has 0 amide bonds. The zero-order chi connectivity index (χ0) is 13.4. The molecule has 100 valence electrons. The van der Waals surface area contributed by atoms with Crippen LogP contribution < -0.4 is 5.32 Å². The molecule has 1 aliphatic rings. The van der Waals surface area contributed by atoms with Crippen LogP contribution in [0, 0.1) is 0 Å². The first kappa shape index (κ1) is 13.3. The fraction of sp³-hybridized carbons (Fsp3) is 0.538. The van der Waals surface area contributed by atoms with E-state index in [0.717, 1.165) is 12.5 Å². The molecule has 0 saturated carbocycles. The van der Waals surface area contributed by atoms with Crippen LogP contribution in [0.15, 0.2) is 24.3 Å². The van der Waals surface area contributed by atoms with Gasteiger partial charge in [-0.3, -0.25) is 0 Å². The molecule has 0 spiro atoms. The van der Waals surface area contributed by atoms with Gasteiger partial charge in [0.15, 0.2) is 0 Å². The van der Waals surface area contributed by atoms with Crippen LogP contribution in [0.25, 0.3) is 0 Å². The van der Waals surface area contributed by atoms with Gasteiger partial charge in [-0.25, -0.2) is 4.39 Å². The predicted molar refractivity (Wildman–Crippen MR) is 60.9 cm³/mol. The highest BCUT2D eigenvalue weighted by Gasteiger charge is 2.44. The van der Waals surface area contributed by atoms with Gasteiger partial charge < -0.3 is 5.32 Å². The Morgan fingerprint density at radius 2 is 1.72 bits per heavy atom. The summed E-state index contributed by atoms with van der Waals surface area (Å²) in [6, 6.07) is 4.33. The van der Waals surface area contributed by atoms with Crippen molar-refractivity contribution < 1.29 is 17.6 Å². The van der Waals surface area contributed by atoms with Crippen LogP contribution in [-0.4, -0.2) is 12.6 Å². The Bertz CT molecular complexity index is 419. The van der Waals surface area contributed by atoms with Crippen molar-refractivity contribution in [2.75, 3.05) is 6.54 Å². The van der Waals surface area contributed by atoms with Crippen LogP contribution >= 0.6 is 0 Å². The molecule has 1 aliphatic heterocycles. The maximum Gasteiger partial charge on any atom is 0.416 e. The molecule has 1 nitrogen and oxygen atoms in total. The summed E-state index contributed by atoms with van der Waals surface area (Å²) < 4.78 is 53.4. The largest absolute Gasteiger partial charge is 0.416 e. The SMILES string of the molecule is CC(F)(c1ccccc1C(F)(F)F)C1CCCN1. The third-order valence-corrected chi connectivity index (χ3v) is 3.47. The molecule has 18 heavy (non-hydrogen) atoms. The molecular weight excluding hydrogens is 246 g/mol. The molecule has 1 fully saturated rings. The minimum atomic E-state index is -4.53. The summed E-state index contributed by atoms with van der Waals surface area (Å²) in [4.78, 5) is 0. The van der Waals surface area contributed by atoms with Crippen molar-refractivity contribution in [2.24, 2.45) is 0 Å². The van der Waals surface area contributed by atoms with E-state index < -0.39 is 23.5 Å². The Hall–Kier alpha value is -1.10. The fourth-order valence-electron chi connectivity index (χ4n) is 2.49. The number of halogens is 4. The quantitative estimate of drug-likeness (QED) is 0.801. The molecule has 0 bridgehead atoms. The molecule has 1 saturated heterocycles. The second-order valence-corrected chi connectivity index (χ2v) is 4.77. The lowest BCUT2D eigenvalue weighted by Crippen LogP contribution is -2.40. The van der Waals surface area contributed by atoms with Crippen LogP contribution in [0.3, 0.4) is 0 Å². The summed E-state index contributed by atoms with van der Waals surface area (Å²) >= 11 is 0. The zero-order valence-electron chi connectivity index (χ0n) is 10.0. The number of nitrogens with one attached hydrogen (secondary N) is 1. The van der Waals surface area contributed by atoms with Crippen molar-refractivity contribution in [3.05, 3.63) is 35.4 Å². The summed E-state index contributed by atoms with van der Waals surface area (Å²) in [6.45, 7) is 1.87. The Morgan fingerprint density at radius 3 is 2.22 bits per heavy atom. The Labute approximate surface area is 103 Å². The van der Waals surface area contributed by atoms with Crippen molar-refractivity contribution in [3.63, 3.8) is 0 Å². The molecule has 2 unspecified atom stereocenters. The van der Waals surface area contributed by atoms with Crippen molar-refractivity contribution in [1.29, 1.82) is 0 Å². The molecule has 1 aromatic carbocycles. The highest BCUT2D eigenvalue weighted by molar-refractivity contribution is 5.35. The second-order valence-electron chi connectivity index (χ2n) is 4.77. The van der Waals surface area contributed by atoms with Crippen LogP contribution in [-0.2, 0) is 11.8 Å². The Morgan fingerprint density at radius 1 is 1.11 bits per heavy atom. The van der Waals surface area contributed by atoms with E-state index in [1.807, 2.05) is 0 Å². The number of rotatable bonds is 2. The molecule has 5 heteroatoms. The maximum atomic E-state index is 14.8. The van der Waals surface area contributed by atoms with Gasteiger partial charge in [-0.15, -0.1) is 0 Å². The van der Waals surface area contributed by atoms with Gasteiger partial charge >= 0.3 is 6.18 Å². The third-order valence-electron chi connectivity index (χ3n) is 3.47. The van der Waals surface area contributed by atoms with Gasteiger partial charge in [0.25, 0.3) is 0 Å². The zero-order valence-corrected chi connectivity index (χ0v) is 10.0. The molecule has 0 aromatic heterocycles. The van der Waals surface area contributed by atoms with Gasteiger partial charge in [-0.05, 0) is 32.4 Å². The van der Waals surface area contributed by atoms with Gasteiger partial charge in [0.1, 0.15) is 5.67 Å². The average molecular weight is 261 g/mol. The molecule has 1 heterocycles. The van der Waals surface area contributed by atoms with E-state index in [2.05, 4.69) is 5.32 Å². The van der Waals surface area contributed by atoms with Crippen LogP contribution in [0.4, 0.5) is 17.6 Å². The topological polar surface area (TPSA) is 12.0 Å². The summed E-state index contributed by atoms with van der Waals surface area (Å²) in [5, 5.41) is 2.93. The first-order chi connectivity index (χ1) is 8.33. The second kappa shape index (κ2) is 4.53. The predicted octanol–water partition coefficient (Wildman–Crippen LogP) is 3.64. The van der Waals surface area contributed by atoms with Crippen molar-refractivity contribution >= 4 is 0 Å². The highest BCUT2D eigenvalue weighted by atomic mass is 19.4. The minimum Gasteiger partial charge on any atom is -0.311 e. The molecular formula is C13H15F4N. The van der Waals surface area contributed by atoms with E-state index in [9.17, 15) is 17.6 Å². The molecule has 1 aromatic rings. The van der Waals surface area contributed by atoms with Gasteiger partial charge in [-0.2, -0.15) is 13.2 Å². The third kappa shape index (κ3) is 2.36. The highest BCUT2D eigenvalue weighted by Crippen LogP contribution is 2.41. The minimum absolute atomic E-state index is 0.281. The molecule has 1 N–H and O–H groups in total. The van der Waals surface area contributed by atoms with Crippen LogP contribution in [0.1, 0.15) is 30.9 Å². The standard InChI is InChI=1S/C13H15F4N/c1-12(14,11-7-4-8-18-11)9-5-2-3-6-10(9)13(15,16)17/h2-3,5-6,11,18H,4,7-8H2,1H3. The van der Waals surface area contributed by atoms with E-state index >= 15 is 0 Å². The summed E-state index contributed by atoms with van der Waals surface area (Å²) in [5.41, 5.74) is -3.18. The van der Waals surface area contributed by atoms with Crippen LogP contribution in [0.5, 0.6) is 0 Å². The summed E-state index contributed by atoms with van der Waals surface area (Å²) in [6.07, 6.45) is -3.18. The number of hydrogen-bond donors (Lipinski definition) is 1. The number of benzene rings is 1. The Kier molecular flexibility index (Phi) is 3.36.